The SMILES string of the molecule is CC1(F)C(F)(F)c2c(c3cc(Br)c(N)cc3c3cc(N)c(Br)cc23)C1(F)F. The molecule has 0 unspecified atom stereocenters. The third kappa shape index (κ3) is 2.10. The highest BCUT2D eigenvalue weighted by Gasteiger charge is 2.75. The molecule has 0 aromatic heterocycles. The monoisotopic (exact) mass is 508 g/mol. The Kier molecular flexibility index (Phi) is 3.65. The van der Waals surface area contributed by atoms with Gasteiger partial charge in [0.1, 0.15) is 0 Å². The van der Waals surface area contributed by atoms with Crippen LogP contribution in [0.15, 0.2) is 33.2 Å². The maximum Gasteiger partial charge on any atom is 0.313 e. The first-order valence-electron chi connectivity index (χ1n) is 7.71. The fourth-order valence-corrected chi connectivity index (χ4v) is 4.31. The van der Waals surface area contributed by atoms with Crippen molar-refractivity contribution in [3.63, 3.8) is 0 Å². The van der Waals surface area contributed by atoms with Crippen molar-refractivity contribution in [1.82, 2.24) is 0 Å². The number of nitrogens with two attached hydrogens (primary N) is 2. The minimum atomic E-state index is -4.41. The van der Waals surface area contributed by atoms with E-state index in [0.29, 0.717) is 0 Å². The zero-order valence-corrected chi connectivity index (χ0v) is 16.8. The van der Waals surface area contributed by atoms with Gasteiger partial charge in [-0.3, -0.25) is 0 Å². The lowest BCUT2D eigenvalue weighted by molar-refractivity contribution is -0.228. The quantitative estimate of drug-likeness (QED) is 0.203. The second-order valence-electron chi connectivity index (χ2n) is 6.74. The third-order valence-electron chi connectivity index (χ3n) is 5.16. The van der Waals surface area contributed by atoms with E-state index in [1.165, 1.54) is 24.3 Å². The summed E-state index contributed by atoms with van der Waals surface area (Å²) in [5, 5.41) is -0.0219. The molecule has 0 radical (unpaired) electrons. The summed E-state index contributed by atoms with van der Waals surface area (Å²) >= 11 is 6.25. The molecule has 3 aromatic rings. The molecule has 0 aliphatic heterocycles. The second-order valence-corrected chi connectivity index (χ2v) is 8.45. The average molecular weight is 510 g/mol. The normalized spacial score (nSPS) is 19.6. The lowest BCUT2D eigenvalue weighted by Gasteiger charge is -2.27. The van der Waals surface area contributed by atoms with Gasteiger partial charge in [-0.05, 0) is 84.6 Å². The maximum absolute atomic E-state index is 14.9. The number of nitrogen functional groups attached to an aromatic ring is 2. The molecule has 2 nitrogen and oxygen atoms in total. The first-order valence-corrected chi connectivity index (χ1v) is 9.30. The van der Waals surface area contributed by atoms with Gasteiger partial charge in [0.05, 0.1) is 0 Å². The summed E-state index contributed by atoms with van der Waals surface area (Å²) in [4.78, 5) is 0. The molecule has 0 saturated carbocycles. The van der Waals surface area contributed by atoms with Crippen molar-refractivity contribution in [1.29, 1.82) is 0 Å². The van der Waals surface area contributed by atoms with Gasteiger partial charge < -0.3 is 11.5 Å². The van der Waals surface area contributed by atoms with Gasteiger partial charge in [-0.2, -0.15) is 17.6 Å². The van der Waals surface area contributed by atoms with Crippen LogP contribution in [-0.4, -0.2) is 5.67 Å². The topological polar surface area (TPSA) is 52.0 Å². The number of hydrogen-bond acceptors (Lipinski definition) is 2. The number of anilines is 2. The Hall–Kier alpha value is -1.61. The molecule has 1 aliphatic rings. The van der Waals surface area contributed by atoms with Crippen LogP contribution in [0.25, 0.3) is 21.5 Å². The third-order valence-corrected chi connectivity index (χ3v) is 6.53. The van der Waals surface area contributed by atoms with E-state index >= 15 is 0 Å². The molecule has 27 heavy (non-hydrogen) atoms. The zero-order chi connectivity index (χ0) is 20.1. The summed E-state index contributed by atoms with van der Waals surface area (Å²) in [5.41, 5.74) is 6.03. The summed E-state index contributed by atoms with van der Waals surface area (Å²) < 4.78 is 75.1. The Morgan fingerprint density at radius 2 is 1.00 bits per heavy atom. The molecular formula is C18H11Br2F5N2. The molecule has 4 rings (SSSR count). The van der Waals surface area contributed by atoms with Crippen molar-refractivity contribution in [2.45, 2.75) is 24.4 Å². The van der Waals surface area contributed by atoms with E-state index in [2.05, 4.69) is 31.9 Å². The smallest absolute Gasteiger partial charge is 0.313 e. The van der Waals surface area contributed by atoms with Gasteiger partial charge in [0.2, 0.25) is 5.67 Å². The van der Waals surface area contributed by atoms with E-state index in [9.17, 15) is 22.0 Å². The van der Waals surface area contributed by atoms with Crippen molar-refractivity contribution in [2.75, 3.05) is 11.5 Å². The Bertz CT molecular complexity index is 1070. The number of alkyl halides is 5. The van der Waals surface area contributed by atoms with E-state index in [0.717, 1.165) is 0 Å². The highest BCUT2D eigenvalue weighted by atomic mass is 79.9. The van der Waals surface area contributed by atoms with Gasteiger partial charge in [-0.1, -0.05) is 0 Å². The largest absolute Gasteiger partial charge is 0.398 e. The Morgan fingerprint density at radius 1 is 0.667 bits per heavy atom. The van der Waals surface area contributed by atoms with Gasteiger partial charge in [-0.15, -0.1) is 0 Å². The van der Waals surface area contributed by atoms with Gasteiger partial charge in [-0.25, -0.2) is 4.39 Å². The fraction of sp³-hybridized carbons (Fsp3) is 0.222. The molecule has 3 aromatic carbocycles. The van der Waals surface area contributed by atoms with Crippen LogP contribution in [0.2, 0.25) is 0 Å². The van der Waals surface area contributed by atoms with Crippen LogP contribution in [0, 0.1) is 0 Å². The number of benzene rings is 3. The molecule has 0 heterocycles. The van der Waals surface area contributed by atoms with Crippen LogP contribution < -0.4 is 11.5 Å². The molecule has 142 valence electrons. The van der Waals surface area contributed by atoms with Crippen LogP contribution in [0.1, 0.15) is 18.1 Å². The molecule has 0 saturated heterocycles. The molecule has 0 bridgehead atoms. The minimum absolute atomic E-state index is 0.192. The molecule has 0 atom stereocenters. The standard InChI is InChI=1S/C18H11Br2F5N2/c1-16(21)17(22,23)14-8-2-10(19)12(26)4-6(8)7-5-13(27)11(20)3-9(7)15(14)18(16,24)25/h2-5H,26-27H2,1H3. The van der Waals surface area contributed by atoms with Crippen molar-refractivity contribution in [3.05, 3.63) is 44.3 Å². The average Bonchev–Trinajstić information content (AvgIpc) is 2.66. The fourth-order valence-electron chi connectivity index (χ4n) is 3.63. The molecular weight excluding hydrogens is 499 g/mol. The van der Waals surface area contributed by atoms with Crippen LogP contribution in [0.5, 0.6) is 0 Å². The molecule has 0 amide bonds. The minimum Gasteiger partial charge on any atom is -0.398 e. The van der Waals surface area contributed by atoms with E-state index in [-0.39, 0.29) is 48.8 Å². The van der Waals surface area contributed by atoms with Gasteiger partial charge in [0, 0.05) is 31.4 Å². The van der Waals surface area contributed by atoms with E-state index in [1.54, 1.807) is 0 Å². The van der Waals surface area contributed by atoms with Gasteiger partial charge in [0.15, 0.2) is 0 Å². The predicted molar refractivity (Wildman–Crippen MR) is 103 cm³/mol. The highest BCUT2D eigenvalue weighted by Crippen LogP contribution is 2.65. The number of rotatable bonds is 0. The van der Waals surface area contributed by atoms with E-state index in [1.807, 2.05) is 0 Å². The van der Waals surface area contributed by atoms with E-state index < -0.39 is 28.6 Å². The lowest BCUT2D eigenvalue weighted by Crippen LogP contribution is -2.44. The number of fused-ring (bicyclic) bond motifs is 6. The predicted octanol–water partition coefficient (Wildman–Crippen LogP) is 6.61. The Balaban J connectivity index is 2.39. The molecule has 1 aliphatic carbocycles. The van der Waals surface area contributed by atoms with Crippen molar-refractivity contribution in [3.8, 4) is 0 Å². The van der Waals surface area contributed by atoms with Crippen LogP contribution in [0.3, 0.4) is 0 Å². The number of halogens is 7. The van der Waals surface area contributed by atoms with Gasteiger partial charge in [0.25, 0.3) is 0 Å². The summed E-state index contributed by atoms with van der Waals surface area (Å²) in [7, 11) is 0. The van der Waals surface area contributed by atoms with Crippen LogP contribution >= 0.6 is 31.9 Å². The molecule has 0 fully saturated rings. The van der Waals surface area contributed by atoms with Gasteiger partial charge >= 0.3 is 11.8 Å². The van der Waals surface area contributed by atoms with Crippen molar-refractivity contribution >= 4 is 64.8 Å². The van der Waals surface area contributed by atoms with Crippen molar-refractivity contribution < 1.29 is 22.0 Å². The second kappa shape index (κ2) is 5.26. The summed E-state index contributed by atoms with van der Waals surface area (Å²) in [5.74, 6) is -8.83. The zero-order valence-electron chi connectivity index (χ0n) is 13.6. The molecule has 9 heteroatoms. The maximum atomic E-state index is 14.9. The lowest BCUT2D eigenvalue weighted by atomic mass is 9.91. The Labute approximate surface area is 166 Å². The first kappa shape index (κ1) is 18.7. The van der Waals surface area contributed by atoms with Crippen LogP contribution in [0.4, 0.5) is 33.3 Å². The van der Waals surface area contributed by atoms with Crippen molar-refractivity contribution in [2.24, 2.45) is 0 Å². The molecule has 0 spiro atoms. The van der Waals surface area contributed by atoms with E-state index in [4.69, 9.17) is 11.5 Å². The first-order chi connectivity index (χ1) is 12.3. The molecule has 4 N–H and O–H groups in total. The van der Waals surface area contributed by atoms with Crippen LogP contribution in [-0.2, 0) is 11.8 Å². The summed E-state index contributed by atoms with van der Waals surface area (Å²) in [6, 6.07) is 5.20. The summed E-state index contributed by atoms with van der Waals surface area (Å²) in [6.07, 6.45) is 0. The number of hydrogen-bond donors (Lipinski definition) is 2. The Morgan fingerprint density at radius 3 is 1.33 bits per heavy atom. The summed E-state index contributed by atoms with van der Waals surface area (Å²) in [6.45, 7) is 0.226. The highest BCUT2D eigenvalue weighted by molar-refractivity contribution is 9.11.